The summed E-state index contributed by atoms with van der Waals surface area (Å²) in [5.41, 5.74) is 1.91. The Morgan fingerprint density at radius 1 is 1.03 bits per heavy atom. The van der Waals surface area contributed by atoms with E-state index in [-0.39, 0.29) is 10.7 Å². The number of nitro benzene ring substituents is 1. The van der Waals surface area contributed by atoms with Crippen molar-refractivity contribution >= 4 is 34.3 Å². The first kappa shape index (κ1) is 19.4. The van der Waals surface area contributed by atoms with Gasteiger partial charge in [0.05, 0.1) is 11.1 Å². The third-order valence-electron chi connectivity index (χ3n) is 5.16. The van der Waals surface area contributed by atoms with Crippen molar-refractivity contribution in [2.45, 2.75) is 6.54 Å². The number of halogens is 1. The predicted molar refractivity (Wildman–Crippen MR) is 116 cm³/mol. The molecule has 3 aromatic carbocycles. The van der Waals surface area contributed by atoms with Gasteiger partial charge in [-0.2, -0.15) is 5.10 Å². The van der Waals surface area contributed by atoms with E-state index in [1.165, 1.54) is 28.5 Å². The zero-order chi connectivity index (χ0) is 20.2. The maximum Gasteiger partial charge on any atom is 0.288 e. The average Bonchev–Trinajstić information content (AvgIpc) is 2.74. The molecule has 1 aliphatic rings. The van der Waals surface area contributed by atoms with Crippen LogP contribution in [0.2, 0.25) is 5.02 Å². The minimum Gasteiger partial charge on any atom is -0.295 e. The Morgan fingerprint density at radius 2 is 1.79 bits per heavy atom. The first-order valence-electron chi connectivity index (χ1n) is 9.52. The third-order valence-corrected chi connectivity index (χ3v) is 5.48. The lowest BCUT2D eigenvalue weighted by Gasteiger charge is -2.33. The molecular weight excluding hydrogens is 388 g/mol. The van der Waals surface area contributed by atoms with Crippen molar-refractivity contribution in [3.63, 3.8) is 0 Å². The highest BCUT2D eigenvalue weighted by molar-refractivity contribution is 6.32. The van der Waals surface area contributed by atoms with Crippen LogP contribution in [0.3, 0.4) is 0 Å². The van der Waals surface area contributed by atoms with Gasteiger partial charge in [-0.3, -0.25) is 20.0 Å². The third kappa shape index (κ3) is 4.55. The monoisotopic (exact) mass is 408 g/mol. The summed E-state index contributed by atoms with van der Waals surface area (Å²) in [5.74, 6) is 0. The van der Waals surface area contributed by atoms with Gasteiger partial charge in [0.25, 0.3) is 5.69 Å². The van der Waals surface area contributed by atoms with E-state index in [2.05, 4.69) is 52.5 Å². The highest BCUT2D eigenvalue weighted by Gasteiger charge is 2.17. The highest BCUT2D eigenvalue weighted by atomic mass is 35.5. The van der Waals surface area contributed by atoms with Crippen LogP contribution in [-0.2, 0) is 6.54 Å². The summed E-state index contributed by atoms with van der Waals surface area (Å²) in [7, 11) is 0. The quantitative estimate of drug-likeness (QED) is 0.353. The molecule has 3 aromatic rings. The molecule has 0 aliphatic carbocycles. The molecule has 6 nitrogen and oxygen atoms in total. The second kappa shape index (κ2) is 8.59. The Balaban J connectivity index is 1.37. The molecule has 7 heteroatoms. The lowest BCUT2D eigenvalue weighted by Crippen LogP contribution is -2.43. The number of nitro groups is 1. The molecule has 0 radical (unpaired) electrons. The summed E-state index contributed by atoms with van der Waals surface area (Å²) in [4.78, 5) is 13.0. The molecule has 1 heterocycles. The number of piperazine rings is 1. The van der Waals surface area contributed by atoms with Crippen LogP contribution in [0.25, 0.3) is 10.8 Å². The number of rotatable bonds is 5. The highest BCUT2D eigenvalue weighted by Crippen LogP contribution is 2.24. The number of benzene rings is 3. The maximum atomic E-state index is 11.0. The largest absolute Gasteiger partial charge is 0.295 e. The predicted octanol–water partition coefficient (Wildman–Crippen LogP) is 4.55. The van der Waals surface area contributed by atoms with Gasteiger partial charge in [-0.25, -0.2) is 0 Å². The summed E-state index contributed by atoms with van der Waals surface area (Å²) in [6, 6.07) is 19.6. The smallest absolute Gasteiger partial charge is 0.288 e. The Hall–Kier alpha value is -2.96. The van der Waals surface area contributed by atoms with Crippen LogP contribution < -0.4 is 0 Å². The van der Waals surface area contributed by atoms with Gasteiger partial charge in [0.2, 0.25) is 0 Å². The molecule has 29 heavy (non-hydrogen) atoms. The molecule has 1 aliphatic heterocycles. The second-order valence-electron chi connectivity index (χ2n) is 7.08. The fourth-order valence-electron chi connectivity index (χ4n) is 3.58. The van der Waals surface area contributed by atoms with Gasteiger partial charge < -0.3 is 0 Å². The van der Waals surface area contributed by atoms with Crippen molar-refractivity contribution in [1.82, 2.24) is 9.91 Å². The summed E-state index contributed by atoms with van der Waals surface area (Å²) in [6.07, 6.45) is 1.66. The van der Waals surface area contributed by atoms with Crippen LogP contribution in [0.1, 0.15) is 11.1 Å². The first-order chi connectivity index (χ1) is 14.1. The van der Waals surface area contributed by atoms with Crippen LogP contribution in [0.4, 0.5) is 5.69 Å². The van der Waals surface area contributed by atoms with Gasteiger partial charge in [0.1, 0.15) is 5.02 Å². The molecule has 1 saturated heterocycles. The van der Waals surface area contributed by atoms with Gasteiger partial charge in [-0.1, -0.05) is 60.1 Å². The molecule has 0 aromatic heterocycles. The molecular formula is C22H21ClN4O2. The molecule has 0 saturated carbocycles. The van der Waals surface area contributed by atoms with Crippen molar-refractivity contribution in [1.29, 1.82) is 0 Å². The van der Waals surface area contributed by atoms with E-state index < -0.39 is 4.92 Å². The molecule has 0 unspecified atom stereocenters. The van der Waals surface area contributed by atoms with E-state index in [0.29, 0.717) is 5.56 Å². The van der Waals surface area contributed by atoms with Crippen molar-refractivity contribution in [2.75, 3.05) is 26.2 Å². The zero-order valence-electron chi connectivity index (χ0n) is 15.9. The second-order valence-corrected chi connectivity index (χ2v) is 7.49. The zero-order valence-corrected chi connectivity index (χ0v) is 16.6. The van der Waals surface area contributed by atoms with E-state index in [4.69, 9.17) is 11.6 Å². The molecule has 0 amide bonds. The lowest BCUT2D eigenvalue weighted by atomic mass is 10.0. The maximum absolute atomic E-state index is 11.0. The van der Waals surface area contributed by atoms with Crippen LogP contribution in [0.15, 0.2) is 65.8 Å². The van der Waals surface area contributed by atoms with Crippen molar-refractivity contribution < 1.29 is 4.92 Å². The fourth-order valence-corrected chi connectivity index (χ4v) is 3.77. The molecule has 0 spiro atoms. The molecule has 148 valence electrons. The number of fused-ring (bicyclic) bond motifs is 1. The minimum absolute atomic E-state index is 0.101. The van der Waals surface area contributed by atoms with Crippen LogP contribution in [0, 0.1) is 10.1 Å². The number of nitrogens with zero attached hydrogens (tertiary/aromatic N) is 4. The topological polar surface area (TPSA) is 62.0 Å². The van der Waals surface area contributed by atoms with E-state index in [0.717, 1.165) is 32.7 Å². The van der Waals surface area contributed by atoms with Crippen LogP contribution >= 0.6 is 11.6 Å². The van der Waals surface area contributed by atoms with Crippen molar-refractivity contribution in [2.24, 2.45) is 5.10 Å². The number of hydrogen-bond donors (Lipinski definition) is 0. The Kier molecular flexibility index (Phi) is 5.74. The lowest BCUT2D eigenvalue weighted by molar-refractivity contribution is -0.384. The Bertz CT molecular complexity index is 1060. The Labute approximate surface area is 174 Å². The summed E-state index contributed by atoms with van der Waals surface area (Å²) < 4.78 is 0. The number of hydrazone groups is 1. The van der Waals surface area contributed by atoms with E-state index in [9.17, 15) is 10.1 Å². The standard InChI is InChI=1S/C22H21ClN4O2/c23-21-9-8-17(14-22(21)27(28)29)15-24-26-12-10-25(11-13-26)16-19-6-3-5-18-4-1-2-7-20(18)19/h1-9,14-15H,10-13,16H2. The Morgan fingerprint density at radius 3 is 2.59 bits per heavy atom. The van der Waals surface area contributed by atoms with Crippen LogP contribution in [-0.4, -0.2) is 47.2 Å². The molecule has 0 atom stereocenters. The summed E-state index contributed by atoms with van der Waals surface area (Å²) >= 11 is 5.86. The van der Waals surface area contributed by atoms with Gasteiger partial charge in [-0.15, -0.1) is 0 Å². The summed E-state index contributed by atoms with van der Waals surface area (Å²) in [6.45, 7) is 4.39. The SMILES string of the molecule is O=[N+]([O-])c1cc(C=NN2CCN(Cc3cccc4ccccc34)CC2)ccc1Cl. The average molecular weight is 409 g/mol. The van der Waals surface area contributed by atoms with Gasteiger partial charge >= 0.3 is 0 Å². The van der Waals surface area contributed by atoms with Crippen molar-refractivity contribution in [3.8, 4) is 0 Å². The van der Waals surface area contributed by atoms with E-state index in [1.807, 2.05) is 5.01 Å². The van der Waals surface area contributed by atoms with Gasteiger partial charge in [-0.05, 0) is 22.4 Å². The normalized spacial score (nSPS) is 15.3. The molecule has 0 N–H and O–H groups in total. The fraction of sp³-hybridized carbons (Fsp3) is 0.227. The van der Waals surface area contributed by atoms with E-state index >= 15 is 0 Å². The summed E-state index contributed by atoms with van der Waals surface area (Å²) in [5, 5.41) is 20.2. The van der Waals surface area contributed by atoms with Gasteiger partial charge in [0, 0.05) is 44.4 Å². The minimum atomic E-state index is -0.480. The molecule has 0 bridgehead atoms. The molecule has 4 rings (SSSR count). The number of hydrogen-bond acceptors (Lipinski definition) is 5. The van der Waals surface area contributed by atoms with E-state index in [1.54, 1.807) is 12.3 Å². The first-order valence-corrected chi connectivity index (χ1v) is 9.90. The van der Waals surface area contributed by atoms with Gasteiger partial charge in [0.15, 0.2) is 0 Å². The van der Waals surface area contributed by atoms with Crippen molar-refractivity contribution in [3.05, 3.63) is 86.9 Å². The van der Waals surface area contributed by atoms with Crippen LogP contribution in [0.5, 0.6) is 0 Å². The molecule has 1 fully saturated rings.